The Balaban J connectivity index is 1.89. The summed E-state index contributed by atoms with van der Waals surface area (Å²) in [6.45, 7) is 6.34. The van der Waals surface area contributed by atoms with Crippen molar-refractivity contribution >= 4 is 19.5 Å². The summed E-state index contributed by atoms with van der Waals surface area (Å²) in [4.78, 5) is 12.8. The smallest absolute Gasteiger partial charge is 0.398 e. The van der Waals surface area contributed by atoms with Crippen molar-refractivity contribution < 1.29 is 18.0 Å². The highest BCUT2D eigenvalue weighted by Crippen LogP contribution is 2.42. The number of halogens is 3. The van der Waals surface area contributed by atoms with Crippen molar-refractivity contribution in [3.63, 3.8) is 0 Å². The molecule has 1 aliphatic rings. The second kappa shape index (κ2) is 6.78. The molecule has 1 saturated heterocycles. The van der Waals surface area contributed by atoms with E-state index in [0.29, 0.717) is 11.3 Å². The predicted molar refractivity (Wildman–Crippen MR) is 105 cm³/mol. The molecule has 4 nitrogen and oxygen atoms in total. The van der Waals surface area contributed by atoms with Crippen molar-refractivity contribution in [2.24, 2.45) is 0 Å². The largest absolute Gasteiger partial charge is 0.426 e. The molecular formula is C20H20F3N3OSi. The van der Waals surface area contributed by atoms with Gasteiger partial charge in [-0.3, -0.25) is 4.79 Å². The highest BCUT2D eigenvalue weighted by atomic mass is 28.3. The van der Waals surface area contributed by atoms with Crippen LogP contribution in [0.5, 0.6) is 0 Å². The molecule has 0 bridgehead atoms. The molecule has 0 radical (unpaired) electrons. The van der Waals surface area contributed by atoms with Gasteiger partial charge in [0.1, 0.15) is 8.07 Å². The van der Waals surface area contributed by atoms with Crippen LogP contribution in [0.3, 0.4) is 0 Å². The van der Waals surface area contributed by atoms with E-state index in [1.54, 1.807) is 18.2 Å². The molecule has 1 heterocycles. The van der Waals surface area contributed by atoms with Crippen molar-refractivity contribution in [1.29, 1.82) is 0 Å². The fourth-order valence-electron chi connectivity index (χ4n) is 2.63. The molecule has 1 aliphatic heterocycles. The lowest BCUT2D eigenvalue weighted by Crippen LogP contribution is -2.34. The first-order valence-corrected chi connectivity index (χ1v) is 12.1. The summed E-state index contributed by atoms with van der Waals surface area (Å²) in [6, 6.07) is 10.3. The van der Waals surface area contributed by atoms with Gasteiger partial charge < -0.3 is 5.73 Å². The maximum Gasteiger partial charge on any atom is 0.426 e. The van der Waals surface area contributed by atoms with Crippen LogP contribution >= 0.6 is 0 Å². The summed E-state index contributed by atoms with van der Waals surface area (Å²) in [5, 5.41) is 0. The van der Waals surface area contributed by atoms with Crippen molar-refractivity contribution in [1.82, 2.24) is 10.9 Å². The molecular weight excluding hydrogens is 383 g/mol. The van der Waals surface area contributed by atoms with Gasteiger partial charge in [-0.1, -0.05) is 49.8 Å². The third-order valence-electron chi connectivity index (χ3n) is 4.26. The van der Waals surface area contributed by atoms with Gasteiger partial charge in [-0.25, -0.2) is 10.9 Å². The fraction of sp³-hybridized carbons (Fsp3) is 0.250. The summed E-state index contributed by atoms with van der Waals surface area (Å²) in [7, 11) is -1.58. The molecule has 0 saturated carbocycles. The number of anilines is 1. The molecule has 0 amide bonds. The molecule has 2 aromatic carbocycles. The number of nitrogens with one attached hydrogen (secondary N) is 2. The molecule has 0 unspecified atom stereocenters. The number of carbonyl (C=O) groups excluding carboxylic acids is 1. The second-order valence-electron chi connectivity index (χ2n) is 7.71. The van der Waals surface area contributed by atoms with Crippen molar-refractivity contribution in [2.45, 2.75) is 31.5 Å². The molecule has 2 aromatic rings. The normalized spacial score (nSPS) is 15.5. The first-order valence-electron chi connectivity index (χ1n) is 8.62. The van der Waals surface area contributed by atoms with E-state index >= 15 is 0 Å². The van der Waals surface area contributed by atoms with E-state index in [1.807, 2.05) is 0 Å². The van der Waals surface area contributed by atoms with Gasteiger partial charge in [-0.15, -0.1) is 5.54 Å². The number of hydrogen-bond acceptors (Lipinski definition) is 4. The number of benzene rings is 2. The fourth-order valence-corrected chi connectivity index (χ4v) is 3.15. The van der Waals surface area contributed by atoms with Gasteiger partial charge in [0.15, 0.2) is 5.78 Å². The van der Waals surface area contributed by atoms with E-state index in [9.17, 15) is 18.0 Å². The van der Waals surface area contributed by atoms with Crippen LogP contribution in [0, 0.1) is 11.5 Å². The van der Waals surface area contributed by atoms with Crippen LogP contribution in [0.25, 0.3) is 0 Å². The Morgan fingerprint density at radius 3 is 2.18 bits per heavy atom. The molecule has 0 aliphatic carbocycles. The maximum atomic E-state index is 13.1. The van der Waals surface area contributed by atoms with E-state index in [0.717, 1.165) is 0 Å². The third kappa shape index (κ3) is 3.97. The van der Waals surface area contributed by atoms with E-state index in [1.165, 1.54) is 24.3 Å². The Bertz CT molecular complexity index is 979. The Morgan fingerprint density at radius 1 is 1.07 bits per heavy atom. The van der Waals surface area contributed by atoms with Gasteiger partial charge >= 0.3 is 6.18 Å². The standard InChI is InChI=1S/C20H20F3N3OSi/c1-28(2,3)11-10-13-4-9-17(24)16(12-13)18(27)14-5-7-15(8-6-14)19(25-26-19)20(21,22)23/h4-9,12,25-26H,24H2,1-3H3. The van der Waals surface area contributed by atoms with Gasteiger partial charge in [0.05, 0.1) is 0 Å². The summed E-state index contributed by atoms with van der Waals surface area (Å²) in [6.07, 6.45) is -4.49. The van der Waals surface area contributed by atoms with Crippen LogP contribution in [-0.2, 0) is 5.66 Å². The molecule has 1 fully saturated rings. The summed E-state index contributed by atoms with van der Waals surface area (Å²) in [5.41, 5.74) is 12.7. The molecule has 8 heteroatoms. The van der Waals surface area contributed by atoms with Gasteiger partial charge in [0.2, 0.25) is 5.66 Å². The van der Waals surface area contributed by atoms with E-state index in [-0.39, 0.29) is 22.5 Å². The summed E-state index contributed by atoms with van der Waals surface area (Å²) in [5.74, 6) is 2.71. The van der Waals surface area contributed by atoms with Crippen molar-refractivity contribution in [2.75, 3.05) is 5.73 Å². The molecule has 3 rings (SSSR count). The number of ketones is 1. The zero-order chi connectivity index (χ0) is 20.7. The Labute approximate surface area is 162 Å². The van der Waals surface area contributed by atoms with Crippen LogP contribution < -0.4 is 16.6 Å². The number of nitrogens with two attached hydrogens (primary N) is 1. The highest BCUT2D eigenvalue weighted by molar-refractivity contribution is 6.83. The molecule has 4 N–H and O–H groups in total. The minimum absolute atomic E-state index is 0.0146. The summed E-state index contributed by atoms with van der Waals surface area (Å²) >= 11 is 0. The maximum absolute atomic E-state index is 13.1. The zero-order valence-corrected chi connectivity index (χ0v) is 16.7. The number of carbonyl (C=O) groups is 1. The van der Waals surface area contributed by atoms with Gasteiger partial charge in [-0.05, 0) is 23.8 Å². The van der Waals surface area contributed by atoms with Crippen LogP contribution in [-0.4, -0.2) is 20.0 Å². The summed E-state index contributed by atoms with van der Waals surface area (Å²) < 4.78 is 39.4. The molecule has 0 spiro atoms. The van der Waals surface area contributed by atoms with Crippen LogP contribution in [0.2, 0.25) is 19.6 Å². The predicted octanol–water partition coefficient (Wildman–Crippen LogP) is 3.55. The van der Waals surface area contributed by atoms with Crippen LogP contribution in [0.15, 0.2) is 42.5 Å². The monoisotopic (exact) mass is 403 g/mol. The quantitative estimate of drug-likeness (QED) is 0.240. The van der Waals surface area contributed by atoms with Crippen molar-refractivity contribution in [3.8, 4) is 11.5 Å². The molecule has 28 heavy (non-hydrogen) atoms. The Morgan fingerprint density at radius 2 is 1.68 bits per heavy atom. The van der Waals surface area contributed by atoms with Crippen LogP contribution in [0.4, 0.5) is 18.9 Å². The molecule has 0 aromatic heterocycles. The number of nitrogen functional groups attached to an aromatic ring is 1. The van der Waals surface area contributed by atoms with Crippen LogP contribution in [0.1, 0.15) is 27.0 Å². The molecule has 146 valence electrons. The second-order valence-corrected chi connectivity index (χ2v) is 12.5. The number of rotatable bonds is 3. The van der Waals surface area contributed by atoms with E-state index in [4.69, 9.17) is 5.73 Å². The average Bonchev–Trinajstić information content (AvgIpc) is 3.42. The lowest BCUT2D eigenvalue weighted by atomic mass is 9.96. The Kier molecular flexibility index (Phi) is 4.87. The third-order valence-corrected chi connectivity index (χ3v) is 5.14. The van der Waals surface area contributed by atoms with Gasteiger partial charge in [0.25, 0.3) is 0 Å². The first-order chi connectivity index (χ1) is 12.9. The number of hydrazine groups is 1. The lowest BCUT2D eigenvalue weighted by molar-refractivity contribution is -0.165. The van der Waals surface area contributed by atoms with E-state index in [2.05, 4.69) is 42.0 Å². The highest BCUT2D eigenvalue weighted by Gasteiger charge is 2.65. The zero-order valence-electron chi connectivity index (χ0n) is 15.7. The lowest BCUT2D eigenvalue weighted by Gasteiger charge is -2.16. The average molecular weight is 403 g/mol. The SMILES string of the molecule is C[Si](C)(C)C#Cc1ccc(N)c(C(=O)c2ccc(C3(C(F)(F)F)NN3)cc2)c1. The minimum Gasteiger partial charge on any atom is -0.398 e. The molecule has 0 atom stereocenters. The van der Waals surface area contributed by atoms with Gasteiger partial charge in [0, 0.05) is 22.4 Å². The Hall–Kier alpha value is -2.60. The topological polar surface area (TPSA) is 87.0 Å². The van der Waals surface area contributed by atoms with E-state index < -0.39 is 19.9 Å². The minimum atomic E-state index is -4.49. The first kappa shape index (κ1) is 20.1. The number of hydrogen-bond donors (Lipinski definition) is 3. The van der Waals surface area contributed by atoms with Gasteiger partial charge in [-0.2, -0.15) is 13.2 Å². The van der Waals surface area contributed by atoms with Crippen molar-refractivity contribution in [3.05, 3.63) is 64.7 Å². The number of alkyl halides is 3.